The molecule has 0 atom stereocenters. The van der Waals surface area contributed by atoms with Crippen molar-refractivity contribution in [2.24, 2.45) is 0 Å². The smallest absolute Gasteiger partial charge is 0.434 e. The molecule has 2 aromatic rings. The molecular weight excluding hydrogens is 350 g/mol. The summed E-state index contributed by atoms with van der Waals surface area (Å²) in [6, 6.07) is 16.7. The molecule has 0 radical (unpaired) electrons. The molecule has 28 heavy (non-hydrogen) atoms. The second-order valence-electron chi connectivity index (χ2n) is 6.89. The Morgan fingerprint density at radius 2 is 1.36 bits per heavy atom. The summed E-state index contributed by atoms with van der Waals surface area (Å²) in [6.07, 6.45) is 8.97. The number of rotatable bonds is 11. The van der Waals surface area contributed by atoms with Crippen LogP contribution < -0.4 is 4.74 Å². The molecule has 0 spiro atoms. The number of nitriles is 1. The number of hydrogen-bond donors (Lipinski definition) is 0. The zero-order valence-electron chi connectivity index (χ0n) is 16.7. The van der Waals surface area contributed by atoms with Crippen molar-refractivity contribution >= 4 is 6.16 Å². The third-order valence-electron chi connectivity index (χ3n) is 4.62. The summed E-state index contributed by atoms with van der Waals surface area (Å²) in [5, 5.41) is 8.85. The lowest BCUT2D eigenvalue weighted by Crippen LogP contribution is -2.11. The van der Waals surface area contributed by atoms with Gasteiger partial charge in [0.25, 0.3) is 0 Å². The molecule has 4 heteroatoms. The Balaban J connectivity index is 1.65. The number of unbranched alkanes of at least 4 members (excludes halogenated alkanes) is 7. The van der Waals surface area contributed by atoms with Crippen molar-refractivity contribution in [1.82, 2.24) is 0 Å². The molecule has 0 saturated carbocycles. The fraction of sp³-hybridized carbons (Fsp3) is 0.417. The molecule has 0 N–H and O–H groups in total. The number of carbonyl (C=O) groups excluding carboxylic acids is 1. The van der Waals surface area contributed by atoms with E-state index in [1.165, 1.54) is 38.5 Å². The van der Waals surface area contributed by atoms with Crippen LogP contribution in [0.3, 0.4) is 0 Å². The molecule has 0 aliphatic heterocycles. The van der Waals surface area contributed by atoms with Gasteiger partial charge in [-0.2, -0.15) is 5.26 Å². The minimum atomic E-state index is -0.658. The van der Waals surface area contributed by atoms with Crippen LogP contribution in [0, 0.1) is 11.3 Å². The minimum absolute atomic E-state index is 0.400. The highest BCUT2D eigenvalue weighted by molar-refractivity contribution is 5.67. The van der Waals surface area contributed by atoms with Gasteiger partial charge in [-0.3, -0.25) is 0 Å². The minimum Gasteiger partial charge on any atom is -0.434 e. The van der Waals surface area contributed by atoms with Crippen LogP contribution in [-0.4, -0.2) is 12.8 Å². The molecule has 4 nitrogen and oxygen atoms in total. The standard InChI is InChI=1S/C24H29NO3/c1-2-3-4-5-6-7-8-9-18-27-24(26)28-23-16-14-22(15-17-23)21-12-10-20(19-25)11-13-21/h10-17H,2-9,18H2,1H3. The molecule has 0 amide bonds. The monoisotopic (exact) mass is 379 g/mol. The highest BCUT2D eigenvalue weighted by Crippen LogP contribution is 2.23. The molecule has 0 saturated heterocycles. The van der Waals surface area contributed by atoms with E-state index in [9.17, 15) is 4.79 Å². The molecule has 0 fully saturated rings. The molecule has 2 rings (SSSR count). The van der Waals surface area contributed by atoms with Gasteiger partial charge in [0.15, 0.2) is 0 Å². The highest BCUT2D eigenvalue weighted by Gasteiger charge is 2.06. The lowest BCUT2D eigenvalue weighted by Gasteiger charge is -2.07. The van der Waals surface area contributed by atoms with Gasteiger partial charge in [0.2, 0.25) is 0 Å². The molecule has 0 bridgehead atoms. The SMILES string of the molecule is CCCCCCCCCCOC(=O)Oc1ccc(-c2ccc(C#N)cc2)cc1. The van der Waals surface area contributed by atoms with Crippen LogP contribution in [0.25, 0.3) is 11.1 Å². The molecule has 0 heterocycles. The fourth-order valence-corrected chi connectivity index (χ4v) is 2.97. The van der Waals surface area contributed by atoms with E-state index in [-0.39, 0.29) is 0 Å². The number of ether oxygens (including phenoxy) is 2. The van der Waals surface area contributed by atoms with Crippen molar-refractivity contribution in [2.75, 3.05) is 6.61 Å². The van der Waals surface area contributed by atoms with Gasteiger partial charge < -0.3 is 9.47 Å². The third-order valence-corrected chi connectivity index (χ3v) is 4.62. The first-order chi connectivity index (χ1) is 13.7. The van der Waals surface area contributed by atoms with Gasteiger partial charge in [-0.1, -0.05) is 76.1 Å². The number of hydrogen-bond acceptors (Lipinski definition) is 4. The Morgan fingerprint density at radius 3 is 1.93 bits per heavy atom. The van der Waals surface area contributed by atoms with Crippen molar-refractivity contribution in [2.45, 2.75) is 58.3 Å². The van der Waals surface area contributed by atoms with Crippen molar-refractivity contribution in [1.29, 1.82) is 5.26 Å². The maximum absolute atomic E-state index is 11.8. The van der Waals surface area contributed by atoms with Crippen LogP contribution >= 0.6 is 0 Å². The van der Waals surface area contributed by atoms with Gasteiger partial charge in [0, 0.05) is 0 Å². The Kier molecular flexibility index (Phi) is 9.65. The molecule has 0 aromatic heterocycles. The van der Waals surface area contributed by atoms with Crippen molar-refractivity contribution in [3.8, 4) is 22.9 Å². The largest absolute Gasteiger partial charge is 0.513 e. The molecule has 148 valence electrons. The fourth-order valence-electron chi connectivity index (χ4n) is 2.97. The van der Waals surface area contributed by atoms with Gasteiger partial charge >= 0.3 is 6.16 Å². The first-order valence-electron chi connectivity index (χ1n) is 10.2. The first kappa shape index (κ1) is 21.5. The van der Waals surface area contributed by atoms with Crippen LogP contribution in [-0.2, 0) is 4.74 Å². The summed E-state index contributed by atoms with van der Waals surface area (Å²) in [6.45, 7) is 2.62. The van der Waals surface area contributed by atoms with Crippen molar-refractivity contribution in [3.05, 3.63) is 54.1 Å². The van der Waals surface area contributed by atoms with E-state index in [4.69, 9.17) is 14.7 Å². The summed E-state index contributed by atoms with van der Waals surface area (Å²) in [5.74, 6) is 0.457. The normalized spacial score (nSPS) is 10.3. The van der Waals surface area contributed by atoms with E-state index in [1.807, 2.05) is 24.3 Å². The van der Waals surface area contributed by atoms with Gasteiger partial charge in [-0.05, 0) is 41.8 Å². The maximum Gasteiger partial charge on any atom is 0.513 e. The summed E-state index contributed by atoms with van der Waals surface area (Å²) < 4.78 is 10.3. The number of carbonyl (C=O) groups is 1. The first-order valence-corrected chi connectivity index (χ1v) is 10.2. The van der Waals surface area contributed by atoms with Crippen LogP contribution in [0.2, 0.25) is 0 Å². The van der Waals surface area contributed by atoms with Gasteiger partial charge in [0.05, 0.1) is 18.2 Å². The zero-order valence-corrected chi connectivity index (χ0v) is 16.7. The van der Waals surface area contributed by atoms with Crippen LogP contribution in [0.15, 0.2) is 48.5 Å². The maximum atomic E-state index is 11.8. The second kappa shape index (κ2) is 12.6. The molecule has 0 aliphatic rings. The van der Waals surface area contributed by atoms with Crippen LogP contribution in [0.1, 0.15) is 63.9 Å². The summed E-state index contributed by atoms with van der Waals surface area (Å²) in [5.41, 5.74) is 2.62. The summed E-state index contributed by atoms with van der Waals surface area (Å²) in [4.78, 5) is 11.8. The molecular formula is C24H29NO3. The van der Waals surface area contributed by atoms with E-state index < -0.39 is 6.16 Å². The van der Waals surface area contributed by atoms with Gasteiger partial charge in [0.1, 0.15) is 5.75 Å². The third kappa shape index (κ3) is 7.84. The average molecular weight is 380 g/mol. The second-order valence-corrected chi connectivity index (χ2v) is 6.89. The topological polar surface area (TPSA) is 59.3 Å². The zero-order chi connectivity index (χ0) is 20.0. The van der Waals surface area contributed by atoms with E-state index >= 15 is 0 Å². The Labute approximate surface area is 168 Å². The van der Waals surface area contributed by atoms with E-state index in [0.29, 0.717) is 17.9 Å². The van der Waals surface area contributed by atoms with E-state index in [2.05, 4.69) is 13.0 Å². The van der Waals surface area contributed by atoms with Crippen molar-refractivity contribution < 1.29 is 14.3 Å². The van der Waals surface area contributed by atoms with Gasteiger partial charge in [-0.15, -0.1) is 0 Å². The summed E-state index contributed by atoms with van der Waals surface area (Å²) >= 11 is 0. The average Bonchev–Trinajstić information content (AvgIpc) is 2.73. The van der Waals surface area contributed by atoms with E-state index in [0.717, 1.165) is 24.0 Å². The van der Waals surface area contributed by atoms with E-state index in [1.54, 1.807) is 24.3 Å². The molecule has 0 aliphatic carbocycles. The number of nitrogens with zero attached hydrogens (tertiary/aromatic N) is 1. The van der Waals surface area contributed by atoms with Crippen LogP contribution in [0.4, 0.5) is 4.79 Å². The Hall–Kier alpha value is -2.80. The predicted molar refractivity (Wildman–Crippen MR) is 111 cm³/mol. The van der Waals surface area contributed by atoms with Crippen LogP contribution in [0.5, 0.6) is 5.75 Å². The lowest BCUT2D eigenvalue weighted by atomic mass is 10.0. The Bertz CT molecular complexity index is 745. The summed E-state index contributed by atoms with van der Waals surface area (Å²) in [7, 11) is 0. The quantitative estimate of drug-likeness (QED) is 0.242. The van der Waals surface area contributed by atoms with Gasteiger partial charge in [-0.25, -0.2) is 4.79 Å². The Morgan fingerprint density at radius 1 is 0.821 bits per heavy atom. The van der Waals surface area contributed by atoms with Crippen molar-refractivity contribution in [3.63, 3.8) is 0 Å². The number of benzene rings is 2. The lowest BCUT2D eigenvalue weighted by molar-refractivity contribution is 0.0973. The predicted octanol–water partition coefficient (Wildman–Crippen LogP) is 6.88. The molecule has 0 unspecified atom stereocenters. The molecule has 2 aromatic carbocycles. The highest BCUT2D eigenvalue weighted by atomic mass is 16.7.